The first-order valence-corrected chi connectivity index (χ1v) is 3.09. The van der Waals surface area contributed by atoms with Crippen LogP contribution in [-0.4, -0.2) is 20.6 Å². The largest absolute Gasteiger partial charge is 0.481 e. The van der Waals surface area contributed by atoms with Gasteiger partial charge in [-0.05, 0) is 0 Å². The summed E-state index contributed by atoms with van der Waals surface area (Å²) in [6.07, 6.45) is 1.52. The van der Waals surface area contributed by atoms with Crippen LogP contribution in [0.4, 0.5) is 5.95 Å². The van der Waals surface area contributed by atoms with E-state index in [4.69, 9.17) is 10.8 Å². The van der Waals surface area contributed by atoms with E-state index < -0.39 is 5.97 Å². The van der Waals surface area contributed by atoms with Gasteiger partial charge in [-0.15, -0.1) is 0 Å². The van der Waals surface area contributed by atoms with E-state index in [9.17, 15) is 4.79 Å². The fraction of sp³-hybridized carbons (Fsp3) is 0.333. The van der Waals surface area contributed by atoms with Crippen molar-refractivity contribution in [2.24, 2.45) is 7.05 Å². The molecule has 0 atom stereocenters. The highest BCUT2D eigenvalue weighted by molar-refractivity contribution is 5.69. The molecule has 0 bridgehead atoms. The molecule has 3 N–H and O–H groups in total. The molecule has 0 radical (unpaired) electrons. The molecule has 0 aromatic carbocycles. The number of imidazole rings is 1. The first kappa shape index (κ1) is 7.59. The van der Waals surface area contributed by atoms with E-state index in [0.717, 1.165) is 0 Å². The molecule has 1 aromatic heterocycles. The molecule has 0 aliphatic carbocycles. The quantitative estimate of drug-likeness (QED) is 0.610. The van der Waals surface area contributed by atoms with E-state index in [1.807, 2.05) is 0 Å². The van der Waals surface area contributed by atoms with Crippen LogP contribution < -0.4 is 5.73 Å². The maximum absolute atomic E-state index is 10.2. The number of carbonyl (C=O) groups is 1. The number of hydrogen-bond acceptors (Lipinski definition) is 3. The molecule has 0 fully saturated rings. The van der Waals surface area contributed by atoms with E-state index in [1.165, 1.54) is 0 Å². The van der Waals surface area contributed by atoms with Crippen LogP contribution in [0.3, 0.4) is 0 Å². The summed E-state index contributed by atoms with van der Waals surface area (Å²) in [7, 11) is 1.72. The lowest BCUT2D eigenvalue weighted by Crippen LogP contribution is -2.00. The Morgan fingerprint density at radius 1 is 1.91 bits per heavy atom. The van der Waals surface area contributed by atoms with E-state index in [1.54, 1.807) is 17.8 Å². The third-order valence-corrected chi connectivity index (χ3v) is 1.29. The van der Waals surface area contributed by atoms with E-state index in [0.29, 0.717) is 11.6 Å². The van der Waals surface area contributed by atoms with Crippen LogP contribution in [0.15, 0.2) is 6.20 Å². The van der Waals surface area contributed by atoms with Gasteiger partial charge in [0.15, 0.2) is 5.95 Å². The number of aromatic nitrogens is 2. The smallest absolute Gasteiger partial charge is 0.309 e. The van der Waals surface area contributed by atoms with Crippen molar-refractivity contribution in [1.29, 1.82) is 0 Å². The molecule has 0 amide bonds. The van der Waals surface area contributed by atoms with Crippen LogP contribution in [0.5, 0.6) is 0 Å². The molecule has 0 aliphatic heterocycles. The summed E-state index contributed by atoms with van der Waals surface area (Å²) >= 11 is 0. The Hall–Kier alpha value is -1.52. The van der Waals surface area contributed by atoms with Crippen molar-refractivity contribution in [2.75, 3.05) is 5.73 Å². The third kappa shape index (κ3) is 1.70. The van der Waals surface area contributed by atoms with Crippen LogP contribution in [0.2, 0.25) is 0 Å². The van der Waals surface area contributed by atoms with Crippen LogP contribution in [0.25, 0.3) is 0 Å². The summed E-state index contributed by atoms with van der Waals surface area (Å²) in [5.41, 5.74) is 5.86. The normalized spacial score (nSPS) is 9.91. The number of nitrogens with zero attached hydrogens (tertiary/aromatic N) is 2. The van der Waals surface area contributed by atoms with Crippen LogP contribution in [-0.2, 0) is 18.3 Å². The second kappa shape index (κ2) is 2.61. The molecule has 11 heavy (non-hydrogen) atoms. The maximum atomic E-state index is 10.2. The van der Waals surface area contributed by atoms with Gasteiger partial charge in [0.05, 0.1) is 12.1 Å². The molecule has 0 unspecified atom stereocenters. The van der Waals surface area contributed by atoms with Crippen molar-refractivity contribution in [3.8, 4) is 0 Å². The summed E-state index contributed by atoms with van der Waals surface area (Å²) in [5, 5.41) is 8.38. The average molecular weight is 155 g/mol. The molecule has 1 heterocycles. The predicted molar refractivity (Wildman–Crippen MR) is 39.0 cm³/mol. The molecule has 1 aromatic rings. The number of rotatable bonds is 2. The van der Waals surface area contributed by atoms with E-state index in [2.05, 4.69) is 4.98 Å². The Kier molecular flexibility index (Phi) is 1.80. The second-order valence-corrected chi connectivity index (χ2v) is 2.27. The Morgan fingerprint density at radius 3 is 2.91 bits per heavy atom. The zero-order valence-electron chi connectivity index (χ0n) is 6.11. The molecular formula is C6H9N3O2. The molecular weight excluding hydrogens is 146 g/mol. The fourth-order valence-electron chi connectivity index (χ4n) is 0.785. The molecule has 60 valence electrons. The SMILES string of the molecule is Cn1cc(CC(=O)O)nc1N. The maximum Gasteiger partial charge on any atom is 0.309 e. The van der Waals surface area contributed by atoms with Crippen molar-refractivity contribution in [2.45, 2.75) is 6.42 Å². The number of carboxylic acids is 1. The molecule has 0 saturated carbocycles. The number of nitrogen functional groups attached to an aromatic ring is 1. The van der Waals surface area contributed by atoms with Gasteiger partial charge in [0, 0.05) is 13.2 Å². The third-order valence-electron chi connectivity index (χ3n) is 1.29. The van der Waals surface area contributed by atoms with Crippen LogP contribution in [0.1, 0.15) is 5.69 Å². The first-order valence-electron chi connectivity index (χ1n) is 3.09. The second-order valence-electron chi connectivity index (χ2n) is 2.27. The van der Waals surface area contributed by atoms with Gasteiger partial charge < -0.3 is 15.4 Å². The number of nitrogens with two attached hydrogens (primary N) is 1. The average Bonchev–Trinajstić information content (AvgIpc) is 2.10. The van der Waals surface area contributed by atoms with E-state index in [-0.39, 0.29) is 6.42 Å². The lowest BCUT2D eigenvalue weighted by molar-refractivity contribution is -0.136. The lowest BCUT2D eigenvalue weighted by Gasteiger charge is -1.87. The van der Waals surface area contributed by atoms with Crippen LogP contribution in [0, 0.1) is 0 Å². The highest BCUT2D eigenvalue weighted by Gasteiger charge is 2.05. The monoisotopic (exact) mass is 155 g/mol. The minimum absolute atomic E-state index is 0.0783. The Labute approximate surface area is 63.5 Å². The summed E-state index contributed by atoms with van der Waals surface area (Å²) in [6, 6.07) is 0. The fourth-order valence-corrected chi connectivity index (χ4v) is 0.785. The van der Waals surface area contributed by atoms with Gasteiger partial charge in [0.2, 0.25) is 0 Å². The van der Waals surface area contributed by atoms with Gasteiger partial charge in [-0.2, -0.15) is 0 Å². The van der Waals surface area contributed by atoms with Gasteiger partial charge in [0.25, 0.3) is 0 Å². The molecule has 0 aliphatic rings. The van der Waals surface area contributed by atoms with Gasteiger partial charge >= 0.3 is 5.97 Å². The summed E-state index contributed by atoms with van der Waals surface area (Å²) in [5.74, 6) is -0.565. The van der Waals surface area contributed by atoms with Crippen molar-refractivity contribution >= 4 is 11.9 Å². The van der Waals surface area contributed by atoms with E-state index >= 15 is 0 Å². The van der Waals surface area contributed by atoms with Crippen LogP contribution >= 0.6 is 0 Å². The van der Waals surface area contributed by atoms with Gasteiger partial charge in [-0.25, -0.2) is 4.98 Å². The number of aliphatic carboxylic acids is 1. The van der Waals surface area contributed by atoms with Gasteiger partial charge in [0.1, 0.15) is 0 Å². The topological polar surface area (TPSA) is 81.1 Å². The summed E-state index contributed by atoms with van der Waals surface area (Å²) in [6.45, 7) is 0. The number of carboxylic acid groups (broad SMARTS) is 1. The minimum atomic E-state index is -0.900. The van der Waals surface area contributed by atoms with Crippen molar-refractivity contribution in [3.63, 3.8) is 0 Å². The molecule has 5 nitrogen and oxygen atoms in total. The molecule has 0 spiro atoms. The highest BCUT2D eigenvalue weighted by atomic mass is 16.4. The number of aryl methyl sites for hydroxylation is 1. The highest BCUT2D eigenvalue weighted by Crippen LogP contribution is 2.02. The summed E-state index contributed by atoms with van der Waals surface area (Å²) in [4.78, 5) is 14.0. The number of anilines is 1. The first-order chi connectivity index (χ1) is 5.09. The zero-order chi connectivity index (χ0) is 8.43. The molecule has 0 saturated heterocycles. The van der Waals surface area contributed by atoms with Crippen molar-refractivity contribution < 1.29 is 9.90 Å². The molecule has 1 rings (SSSR count). The Balaban J connectivity index is 2.81. The zero-order valence-corrected chi connectivity index (χ0v) is 6.11. The standard InChI is InChI=1S/C6H9N3O2/c1-9-3-4(2-5(10)11)8-6(9)7/h3H,2H2,1H3,(H2,7,8)(H,10,11). The van der Waals surface area contributed by atoms with Gasteiger partial charge in [-0.1, -0.05) is 0 Å². The lowest BCUT2D eigenvalue weighted by atomic mass is 10.3. The number of hydrogen-bond donors (Lipinski definition) is 2. The summed E-state index contributed by atoms with van der Waals surface area (Å²) < 4.78 is 1.58. The van der Waals surface area contributed by atoms with Crippen molar-refractivity contribution in [3.05, 3.63) is 11.9 Å². The van der Waals surface area contributed by atoms with Crippen molar-refractivity contribution in [1.82, 2.24) is 9.55 Å². The Bertz CT molecular complexity index is 260. The predicted octanol–water partition coefficient (Wildman–Crippen LogP) is -0.371. The molecule has 5 heteroatoms. The van der Waals surface area contributed by atoms with Gasteiger partial charge in [-0.3, -0.25) is 4.79 Å². The minimum Gasteiger partial charge on any atom is -0.481 e. The Morgan fingerprint density at radius 2 is 2.55 bits per heavy atom.